The van der Waals surface area contributed by atoms with Crippen molar-refractivity contribution < 1.29 is 9.59 Å². The Morgan fingerprint density at radius 3 is 2.50 bits per heavy atom. The van der Waals surface area contributed by atoms with Crippen molar-refractivity contribution in [1.82, 2.24) is 10.6 Å². The Morgan fingerprint density at radius 2 is 1.82 bits per heavy atom. The molecule has 0 fully saturated rings. The lowest BCUT2D eigenvalue weighted by atomic mass is 10.2. The Morgan fingerprint density at radius 1 is 1.05 bits per heavy atom. The van der Waals surface area contributed by atoms with Gasteiger partial charge in [-0.2, -0.15) is 0 Å². The molecule has 4 nitrogen and oxygen atoms in total. The van der Waals surface area contributed by atoms with E-state index in [1.807, 2.05) is 23.6 Å². The van der Waals surface area contributed by atoms with E-state index < -0.39 is 0 Å². The van der Waals surface area contributed by atoms with E-state index in [0.717, 1.165) is 10.9 Å². The zero-order chi connectivity index (χ0) is 15.8. The standard InChI is InChI=1S/C16H17BrN2O2S/c17-13-5-3-12(4-6-13)16(21)19-10-8-15(20)18-9-7-14-2-1-11-22-14/h1-6,11H,7-10H2,(H,18,20)(H,19,21). The largest absolute Gasteiger partial charge is 0.356 e. The van der Waals surface area contributed by atoms with Crippen molar-refractivity contribution in [3.05, 3.63) is 56.7 Å². The fourth-order valence-electron chi connectivity index (χ4n) is 1.86. The van der Waals surface area contributed by atoms with Crippen LogP contribution < -0.4 is 10.6 Å². The molecule has 0 atom stereocenters. The van der Waals surface area contributed by atoms with Crippen molar-refractivity contribution in [3.8, 4) is 0 Å². The van der Waals surface area contributed by atoms with Crippen molar-refractivity contribution in [1.29, 1.82) is 0 Å². The lowest BCUT2D eigenvalue weighted by molar-refractivity contribution is -0.120. The Labute approximate surface area is 142 Å². The van der Waals surface area contributed by atoms with E-state index in [0.29, 0.717) is 18.7 Å². The summed E-state index contributed by atoms with van der Waals surface area (Å²) in [4.78, 5) is 24.8. The quantitative estimate of drug-likeness (QED) is 0.775. The fourth-order valence-corrected chi connectivity index (χ4v) is 2.83. The molecule has 0 radical (unpaired) electrons. The summed E-state index contributed by atoms with van der Waals surface area (Å²) in [6, 6.07) is 11.1. The molecule has 1 aromatic carbocycles. The van der Waals surface area contributed by atoms with Crippen molar-refractivity contribution in [2.24, 2.45) is 0 Å². The van der Waals surface area contributed by atoms with Gasteiger partial charge in [0.15, 0.2) is 0 Å². The van der Waals surface area contributed by atoms with Gasteiger partial charge >= 0.3 is 0 Å². The van der Waals surface area contributed by atoms with Crippen molar-refractivity contribution in [2.75, 3.05) is 13.1 Å². The Balaban J connectivity index is 1.62. The molecule has 1 aromatic heterocycles. The van der Waals surface area contributed by atoms with Crippen LogP contribution in [0.1, 0.15) is 21.7 Å². The number of hydrogen-bond acceptors (Lipinski definition) is 3. The molecule has 2 amide bonds. The molecule has 0 aliphatic heterocycles. The van der Waals surface area contributed by atoms with Crippen LogP contribution in [-0.2, 0) is 11.2 Å². The molecule has 2 N–H and O–H groups in total. The van der Waals surface area contributed by atoms with Crippen LogP contribution in [0.4, 0.5) is 0 Å². The zero-order valence-corrected chi connectivity index (χ0v) is 14.4. The van der Waals surface area contributed by atoms with E-state index in [4.69, 9.17) is 0 Å². The van der Waals surface area contributed by atoms with Crippen LogP contribution in [-0.4, -0.2) is 24.9 Å². The molecule has 1 heterocycles. The third-order valence-electron chi connectivity index (χ3n) is 3.02. The molecular weight excluding hydrogens is 364 g/mol. The minimum atomic E-state index is -0.168. The van der Waals surface area contributed by atoms with E-state index in [-0.39, 0.29) is 18.2 Å². The lowest BCUT2D eigenvalue weighted by Gasteiger charge is -2.06. The summed E-state index contributed by atoms with van der Waals surface area (Å²) in [6.07, 6.45) is 1.13. The second-order valence-electron chi connectivity index (χ2n) is 4.69. The number of amides is 2. The van der Waals surface area contributed by atoms with Gasteiger partial charge in [-0.1, -0.05) is 22.0 Å². The number of hydrogen-bond donors (Lipinski definition) is 2. The Bertz CT molecular complexity index is 612. The Kier molecular flexibility index (Phi) is 6.61. The van der Waals surface area contributed by atoms with E-state index in [1.165, 1.54) is 4.88 Å². The third kappa shape index (κ3) is 5.61. The highest BCUT2D eigenvalue weighted by molar-refractivity contribution is 9.10. The predicted octanol–water partition coefficient (Wildman–Crippen LogP) is 2.99. The first-order chi connectivity index (χ1) is 10.6. The van der Waals surface area contributed by atoms with Gasteiger partial charge in [-0.25, -0.2) is 0 Å². The maximum Gasteiger partial charge on any atom is 0.251 e. The van der Waals surface area contributed by atoms with Crippen molar-refractivity contribution in [2.45, 2.75) is 12.8 Å². The molecule has 22 heavy (non-hydrogen) atoms. The molecule has 0 saturated carbocycles. The molecule has 0 saturated heterocycles. The van der Waals surface area contributed by atoms with Crippen LogP contribution in [0, 0.1) is 0 Å². The average molecular weight is 381 g/mol. The first-order valence-electron chi connectivity index (χ1n) is 6.98. The summed E-state index contributed by atoms with van der Waals surface area (Å²) in [5.41, 5.74) is 0.585. The van der Waals surface area contributed by atoms with E-state index in [2.05, 4.69) is 32.6 Å². The van der Waals surface area contributed by atoms with Crippen LogP contribution in [0.2, 0.25) is 0 Å². The average Bonchev–Trinajstić information content (AvgIpc) is 3.01. The SMILES string of the molecule is O=C(CCNC(=O)c1ccc(Br)cc1)NCCc1cccs1. The van der Waals surface area contributed by atoms with E-state index in [9.17, 15) is 9.59 Å². The van der Waals surface area contributed by atoms with Gasteiger partial charge < -0.3 is 10.6 Å². The number of carbonyl (C=O) groups excluding carboxylic acids is 2. The molecule has 0 bridgehead atoms. The van der Waals surface area contributed by atoms with Gasteiger partial charge in [0, 0.05) is 34.4 Å². The number of carbonyl (C=O) groups is 2. The predicted molar refractivity (Wildman–Crippen MR) is 92.1 cm³/mol. The molecule has 0 aliphatic carbocycles. The van der Waals surface area contributed by atoms with Gasteiger partial charge in [0.1, 0.15) is 0 Å². The molecule has 2 aromatic rings. The molecular formula is C16H17BrN2O2S. The van der Waals surface area contributed by atoms with Crippen molar-refractivity contribution >= 4 is 39.1 Å². The first-order valence-corrected chi connectivity index (χ1v) is 8.65. The highest BCUT2D eigenvalue weighted by Gasteiger charge is 2.06. The molecule has 116 valence electrons. The maximum atomic E-state index is 11.9. The monoisotopic (exact) mass is 380 g/mol. The lowest BCUT2D eigenvalue weighted by Crippen LogP contribution is -2.31. The zero-order valence-electron chi connectivity index (χ0n) is 12.0. The number of halogens is 1. The van der Waals surface area contributed by atoms with Gasteiger partial charge in [0.05, 0.1) is 0 Å². The summed E-state index contributed by atoms with van der Waals surface area (Å²) in [7, 11) is 0. The van der Waals surface area contributed by atoms with Gasteiger partial charge in [0.2, 0.25) is 5.91 Å². The van der Waals surface area contributed by atoms with Gasteiger partial charge in [-0.05, 0) is 42.1 Å². The minimum absolute atomic E-state index is 0.0485. The molecule has 2 rings (SSSR count). The summed E-state index contributed by atoms with van der Waals surface area (Å²) in [6.45, 7) is 0.958. The third-order valence-corrected chi connectivity index (χ3v) is 4.48. The van der Waals surface area contributed by atoms with Crippen LogP contribution in [0.5, 0.6) is 0 Å². The molecule has 6 heteroatoms. The maximum absolute atomic E-state index is 11.9. The smallest absolute Gasteiger partial charge is 0.251 e. The van der Waals surface area contributed by atoms with Gasteiger partial charge in [0.25, 0.3) is 5.91 Å². The van der Waals surface area contributed by atoms with E-state index >= 15 is 0 Å². The van der Waals surface area contributed by atoms with Crippen molar-refractivity contribution in [3.63, 3.8) is 0 Å². The topological polar surface area (TPSA) is 58.2 Å². The number of nitrogens with one attached hydrogen (secondary N) is 2. The normalized spacial score (nSPS) is 10.2. The number of benzene rings is 1. The second-order valence-corrected chi connectivity index (χ2v) is 6.64. The molecule has 0 spiro atoms. The molecule has 0 aliphatic rings. The van der Waals surface area contributed by atoms with Gasteiger partial charge in [-0.15, -0.1) is 11.3 Å². The van der Waals surface area contributed by atoms with Crippen LogP contribution in [0.25, 0.3) is 0 Å². The minimum Gasteiger partial charge on any atom is -0.356 e. The first kappa shape index (κ1) is 16.7. The summed E-state index contributed by atoms with van der Waals surface area (Å²) in [5.74, 6) is -0.216. The van der Waals surface area contributed by atoms with Crippen LogP contribution >= 0.6 is 27.3 Å². The Hall–Kier alpha value is -1.66. The highest BCUT2D eigenvalue weighted by atomic mass is 79.9. The summed E-state index contributed by atoms with van der Waals surface area (Å²) in [5, 5.41) is 7.62. The summed E-state index contributed by atoms with van der Waals surface area (Å²) < 4.78 is 0.925. The number of thiophene rings is 1. The summed E-state index contributed by atoms with van der Waals surface area (Å²) >= 11 is 5.00. The fraction of sp³-hybridized carbons (Fsp3) is 0.250. The second kappa shape index (κ2) is 8.70. The molecule has 0 unspecified atom stereocenters. The van der Waals surface area contributed by atoms with Crippen LogP contribution in [0.3, 0.4) is 0 Å². The highest BCUT2D eigenvalue weighted by Crippen LogP contribution is 2.10. The number of rotatable bonds is 7. The van der Waals surface area contributed by atoms with Crippen LogP contribution in [0.15, 0.2) is 46.3 Å². The van der Waals surface area contributed by atoms with Gasteiger partial charge in [-0.3, -0.25) is 9.59 Å². The van der Waals surface area contributed by atoms with E-state index in [1.54, 1.807) is 23.5 Å².